The standard InChI is InChI=1S/C11H12Cl2N4O2S/c1-17-6-8(5-15-17)16-20(18,19)11-2-7(4-14)9(12)3-10(11)13/h2-3,5-6,16H,4,14H2,1H3. The summed E-state index contributed by atoms with van der Waals surface area (Å²) in [5.41, 5.74) is 6.36. The molecule has 0 spiro atoms. The lowest BCUT2D eigenvalue weighted by molar-refractivity contribution is 0.601. The molecule has 0 bridgehead atoms. The topological polar surface area (TPSA) is 90.0 Å². The third-order valence-electron chi connectivity index (χ3n) is 2.57. The van der Waals surface area contributed by atoms with E-state index in [4.69, 9.17) is 28.9 Å². The van der Waals surface area contributed by atoms with Crippen molar-refractivity contribution in [2.75, 3.05) is 4.72 Å². The summed E-state index contributed by atoms with van der Waals surface area (Å²) in [4.78, 5) is -0.0760. The SMILES string of the molecule is Cn1cc(NS(=O)(=O)c2cc(CN)c(Cl)cc2Cl)cn1. The molecule has 6 nitrogen and oxygen atoms in total. The first-order chi connectivity index (χ1) is 9.33. The van der Waals surface area contributed by atoms with Crippen molar-refractivity contribution in [1.29, 1.82) is 0 Å². The van der Waals surface area contributed by atoms with Crippen molar-refractivity contribution in [2.45, 2.75) is 11.4 Å². The average molecular weight is 335 g/mol. The van der Waals surface area contributed by atoms with Crippen LogP contribution in [0, 0.1) is 0 Å². The molecule has 0 radical (unpaired) electrons. The van der Waals surface area contributed by atoms with Gasteiger partial charge in [-0.3, -0.25) is 9.40 Å². The number of aryl methyl sites for hydroxylation is 1. The fourth-order valence-electron chi connectivity index (χ4n) is 1.62. The zero-order valence-electron chi connectivity index (χ0n) is 10.5. The molecule has 0 aliphatic rings. The van der Waals surface area contributed by atoms with E-state index in [2.05, 4.69) is 9.82 Å². The molecule has 0 fully saturated rings. The number of anilines is 1. The van der Waals surface area contributed by atoms with Gasteiger partial charge in [0.2, 0.25) is 0 Å². The summed E-state index contributed by atoms with van der Waals surface area (Å²) in [5, 5.41) is 4.24. The van der Waals surface area contributed by atoms with E-state index in [1.54, 1.807) is 7.05 Å². The molecule has 0 unspecified atom stereocenters. The molecule has 1 heterocycles. The zero-order valence-corrected chi connectivity index (χ0v) is 12.8. The Bertz CT molecular complexity index is 743. The van der Waals surface area contributed by atoms with Gasteiger partial charge >= 0.3 is 0 Å². The third kappa shape index (κ3) is 3.06. The van der Waals surface area contributed by atoms with Crippen LogP contribution in [0.4, 0.5) is 5.69 Å². The third-order valence-corrected chi connectivity index (χ3v) is 4.77. The van der Waals surface area contributed by atoms with Crippen molar-refractivity contribution in [3.05, 3.63) is 40.1 Å². The highest BCUT2D eigenvalue weighted by atomic mass is 35.5. The van der Waals surface area contributed by atoms with Crippen LogP contribution in [-0.4, -0.2) is 18.2 Å². The van der Waals surface area contributed by atoms with Gasteiger partial charge in [-0.25, -0.2) is 8.42 Å². The Labute approximate surface area is 126 Å². The number of nitrogens with two attached hydrogens (primary N) is 1. The highest BCUT2D eigenvalue weighted by Gasteiger charge is 2.20. The predicted octanol–water partition coefficient (Wildman–Crippen LogP) is 1.99. The molecule has 1 aromatic heterocycles. The van der Waals surface area contributed by atoms with Crippen molar-refractivity contribution in [1.82, 2.24) is 9.78 Å². The number of sulfonamides is 1. The van der Waals surface area contributed by atoms with Crippen molar-refractivity contribution < 1.29 is 8.42 Å². The summed E-state index contributed by atoms with van der Waals surface area (Å²) in [6, 6.07) is 2.73. The maximum atomic E-state index is 12.3. The second-order valence-corrected chi connectivity index (χ2v) is 6.55. The van der Waals surface area contributed by atoms with Crippen LogP contribution in [0.15, 0.2) is 29.4 Å². The lowest BCUT2D eigenvalue weighted by atomic mass is 10.2. The molecule has 9 heteroatoms. The molecule has 0 amide bonds. The van der Waals surface area contributed by atoms with E-state index in [9.17, 15) is 8.42 Å². The van der Waals surface area contributed by atoms with Gasteiger partial charge in [0.1, 0.15) is 4.90 Å². The number of benzene rings is 1. The molecule has 2 rings (SSSR count). The molecular weight excluding hydrogens is 323 g/mol. The van der Waals surface area contributed by atoms with Gasteiger partial charge in [-0.15, -0.1) is 0 Å². The summed E-state index contributed by atoms with van der Waals surface area (Å²) >= 11 is 11.9. The van der Waals surface area contributed by atoms with Crippen LogP contribution in [0.25, 0.3) is 0 Å². The maximum Gasteiger partial charge on any atom is 0.263 e. The summed E-state index contributed by atoms with van der Waals surface area (Å²) in [6.07, 6.45) is 2.93. The minimum Gasteiger partial charge on any atom is -0.326 e. The van der Waals surface area contributed by atoms with Crippen LogP contribution in [0.2, 0.25) is 10.0 Å². The number of aromatic nitrogens is 2. The highest BCUT2D eigenvalue weighted by Crippen LogP contribution is 2.29. The number of rotatable bonds is 4. The molecule has 0 saturated carbocycles. The molecular formula is C11H12Cl2N4O2S. The zero-order chi connectivity index (χ0) is 14.9. The monoisotopic (exact) mass is 334 g/mol. The van der Waals surface area contributed by atoms with Gasteiger partial charge in [-0.05, 0) is 17.7 Å². The lowest BCUT2D eigenvalue weighted by Crippen LogP contribution is -2.14. The predicted molar refractivity (Wildman–Crippen MR) is 78.4 cm³/mol. The van der Waals surface area contributed by atoms with Crippen LogP contribution in [0.5, 0.6) is 0 Å². The highest BCUT2D eigenvalue weighted by molar-refractivity contribution is 7.92. The van der Waals surface area contributed by atoms with Gasteiger partial charge in [0, 0.05) is 24.8 Å². The van der Waals surface area contributed by atoms with E-state index < -0.39 is 10.0 Å². The fourth-order valence-corrected chi connectivity index (χ4v) is 3.52. The van der Waals surface area contributed by atoms with E-state index in [1.165, 1.54) is 29.2 Å². The molecule has 0 aliphatic heterocycles. The largest absolute Gasteiger partial charge is 0.326 e. The van der Waals surface area contributed by atoms with E-state index in [1.807, 2.05) is 0 Å². The van der Waals surface area contributed by atoms with E-state index >= 15 is 0 Å². The maximum absolute atomic E-state index is 12.3. The summed E-state index contributed by atoms with van der Waals surface area (Å²) < 4.78 is 28.5. The summed E-state index contributed by atoms with van der Waals surface area (Å²) in [5.74, 6) is 0. The van der Waals surface area contributed by atoms with Crippen LogP contribution >= 0.6 is 23.2 Å². The Hall–Kier alpha value is -1.28. The number of nitrogens with zero attached hydrogens (tertiary/aromatic N) is 2. The van der Waals surface area contributed by atoms with E-state index in [0.29, 0.717) is 16.3 Å². The van der Waals surface area contributed by atoms with Crippen LogP contribution in [0.1, 0.15) is 5.56 Å². The average Bonchev–Trinajstić information content (AvgIpc) is 2.73. The van der Waals surface area contributed by atoms with Gasteiger partial charge in [-0.2, -0.15) is 5.10 Å². The lowest BCUT2D eigenvalue weighted by Gasteiger charge is -2.10. The van der Waals surface area contributed by atoms with Gasteiger partial charge in [0.25, 0.3) is 10.0 Å². The minimum absolute atomic E-state index is 0.0311. The Morgan fingerprint density at radius 2 is 2.05 bits per heavy atom. The van der Waals surface area contributed by atoms with E-state index in [-0.39, 0.29) is 16.5 Å². The van der Waals surface area contributed by atoms with Gasteiger partial charge < -0.3 is 5.73 Å². The first-order valence-electron chi connectivity index (χ1n) is 5.53. The molecule has 0 aliphatic carbocycles. The number of hydrogen-bond donors (Lipinski definition) is 2. The molecule has 20 heavy (non-hydrogen) atoms. The Morgan fingerprint density at radius 1 is 1.35 bits per heavy atom. The second-order valence-electron chi connectivity index (χ2n) is 4.09. The normalized spacial score (nSPS) is 11.6. The molecule has 0 atom stereocenters. The van der Waals surface area contributed by atoms with E-state index in [0.717, 1.165) is 0 Å². The van der Waals surface area contributed by atoms with Crippen molar-refractivity contribution in [3.63, 3.8) is 0 Å². The molecule has 2 aromatic rings. The van der Waals surface area contributed by atoms with Crippen molar-refractivity contribution in [3.8, 4) is 0 Å². The van der Waals surface area contributed by atoms with Gasteiger partial charge in [0.05, 0.1) is 16.9 Å². The molecule has 108 valence electrons. The number of hydrogen-bond acceptors (Lipinski definition) is 4. The fraction of sp³-hybridized carbons (Fsp3) is 0.182. The molecule has 0 saturated heterocycles. The molecule has 3 N–H and O–H groups in total. The summed E-state index contributed by atoms with van der Waals surface area (Å²) in [6.45, 7) is 0.116. The Balaban J connectivity index is 2.43. The second kappa shape index (κ2) is 5.61. The van der Waals surface area contributed by atoms with Crippen LogP contribution in [0.3, 0.4) is 0 Å². The smallest absolute Gasteiger partial charge is 0.263 e. The summed E-state index contributed by atoms with van der Waals surface area (Å²) in [7, 11) is -2.15. The van der Waals surface area contributed by atoms with Gasteiger partial charge in [0.15, 0.2) is 0 Å². The Morgan fingerprint density at radius 3 is 2.60 bits per heavy atom. The first-order valence-corrected chi connectivity index (χ1v) is 7.77. The van der Waals surface area contributed by atoms with Crippen LogP contribution in [-0.2, 0) is 23.6 Å². The quantitative estimate of drug-likeness (QED) is 0.894. The number of halogens is 2. The van der Waals surface area contributed by atoms with Crippen molar-refractivity contribution >= 4 is 38.9 Å². The first kappa shape index (κ1) is 15.1. The van der Waals surface area contributed by atoms with Gasteiger partial charge in [-0.1, -0.05) is 23.2 Å². The minimum atomic E-state index is -3.83. The van der Waals surface area contributed by atoms with Crippen LogP contribution < -0.4 is 10.5 Å². The molecule has 1 aromatic carbocycles. The van der Waals surface area contributed by atoms with Crippen molar-refractivity contribution in [2.24, 2.45) is 12.8 Å². The number of nitrogens with one attached hydrogen (secondary N) is 1. The Kier molecular flexibility index (Phi) is 4.24.